The van der Waals surface area contributed by atoms with E-state index in [0.29, 0.717) is 11.9 Å². The summed E-state index contributed by atoms with van der Waals surface area (Å²) in [5, 5.41) is 3.10. The molecule has 1 N–H and O–H groups in total. The molecule has 0 bridgehead atoms. The van der Waals surface area contributed by atoms with Crippen LogP contribution in [-0.4, -0.2) is 42.0 Å². The van der Waals surface area contributed by atoms with Crippen LogP contribution in [0.4, 0.5) is 9.18 Å². The maximum absolute atomic E-state index is 13.2. The summed E-state index contributed by atoms with van der Waals surface area (Å²) in [6.45, 7) is 2.05. The van der Waals surface area contributed by atoms with Crippen LogP contribution in [0.2, 0.25) is 0 Å². The Bertz CT molecular complexity index is 804. The molecule has 1 aromatic heterocycles. The summed E-state index contributed by atoms with van der Waals surface area (Å²) in [6, 6.07) is 5.24. The van der Waals surface area contributed by atoms with Crippen molar-refractivity contribution in [2.24, 2.45) is 0 Å². The first-order chi connectivity index (χ1) is 11.0. The van der Waals surface area contributed by atoms with Crippen LogP contribution in [0.25, 0.3) is 10.1 Å². The number of urea groups is 1. The molecular weight excluding hydrogens is 323 g/mol. The Balaban J connectivity index is 1.72. The number of carbonyl (C=O) groups is 3. The van der Waals surface area contributed by atoms with Crippen LogP contribution in [0.3, 0.4) is 0 Å². The molecule has 0 spiro atoms. The van der Waals surface area contributed by atoms with Crippen LogP contribution >= 0.6 is 11.3 Å². The van der Waals surface area contributed by atoms with Crippen molar-refractivity contribution in [2.75, 3.05) is 13.1 Å². The monoisotopic (exact) mass is 336 g/mol. The number of ether oxygens (including phenoxy) is 1. The van der Waals surface area contributed by atoms with Gasteiger partial charge in [0.05, 0.1) is 0 Å². The van der Waals surface area contributed by atoms with Gasteiger partial charge in [-0.1, -0.05) is 0 Å². The van der Waals surface area contributed by atoms with Gasteiger partial charge in [0.25, 0.3) is 5.91 Å². The van der Waals surface area contributed by atoms with Gasteiger partial charge in [0.2, 0.25) is 0 Å². The summed E-state index contributed by atoms with van der Waals surface area (Å²) in [5.41, 5.74) is 0. The first kappa shape index (κ1) is 15.4. The molecule has 1 aliphatic rings. The molecule has 0 aliphatic carbocycles. The van der Waals surface area contributed by atoms with Crippen molar-refractivity contribution in [1.82, 2.24) is 10.2 Å². The van der Waals surface area contributed by atoms with Gasteiger partial charge in [-0.2, -0.15) is 0 Å². The lowest BCUT2D eigenvalue weighted by molar-refractivity contribution is -0.135. The number of rotatable bonds is 3. The van der Waals surface area contributed by atoms with E-state index < -0.39 is 24.0 Å². The van der Waals surface area contributed by atoms with Crippen molar-refractivity contribution in [3.05, 3.63) is 35.0 Å². The molecule has 23 heavy (non-hydrogen) atoms. The van der Waals surface area contributed by atoms with E-state index in [4.69, 9.17) is 4.74 Å². The average molecular weight is 336 g/mol. The maximum atomic E-state index is 13.2. The summed E-state index contributed by atoms with van der Waals surface area (Å²) in [4.78, 5) is 36.9. The van der Waals surface area contributed by atoms with Gasteiger partial charge in [0, 0.05) is 17.8 Å². The number of thiophene rings is 1. The number of fused-ring (bicyclic) bond motifs is 1. The number of hydrogen-bond donors (Lipinski definition) is 1. The highest BCUT2D eigenvalue weighted by Crippen LogP contribution is 2.27. The number of imide groups is 1. The molecule has 6 nitrogen and oxygen atoms in total. The molecule has 1 fully saturated rings. The quantitative estimate of drug-likeness (QED) is 0.872. The zero-order chi connectivity index (χ0) is 16.6. The van der Waals surface area contributed by atoms with Gasteiger partial charge in [0.15, 0.2) is 6.10 Å². The van der Waals surface area contributed by atoms with Gasteiger partial charge in [-0.3, -0.25) is 9.69 Å². The zero-order valence-electron chi connectivity index (χ0n) is 12.2. The van der Waals surface area contributed by atoms with E-state index in [1.807, 2.05) is 0 Å². The maximum Gasteiger partial charge on any atom is 0.349 e. The number of amides is 3. The summed E-state index contributed by atoms with van der Waals surface area (Å²) in [7, 11) is 0. The Labute approximate surface area is 134 Å². The van der Waals surface area contributed by atoms with E-state index in [9.17, 15) is 18.8 Å². The van der Waals surface area contributed by atoms with Crippen LogP contribution in [0.15, 0.2) is 24.3 Å². The predicted molar refractivity (Wildman–Crippen MR) is 81.8 cm³/mol. The molecule has 120 valence electrons. The number of esters is 1. The van der Waals surface area contributed by atoms with Crippen molar-refractivity contribution in [2.45, 2.75) is 13.0 Å². The molecule has 0 saturated carbocycles. The minimum absolute atomic E-state index is 0.252. The molecule has 2 heterocycles. The van der Waals surface area contributed by atoms with Crippen LogP contribution in [-0.2, 0) is 9.53 Å². The highest BCUT2D eigenvalue weighted by molar-refractivity contribution is 7.20. The minimum Gasteiger partial charge on any atom is -0.448 e. The van der Waals surface area contributed by atoms with Gasteiger partial charge in [-0.05, 0) is 36.6 Å². The third-order valence-corrected chi connectivity index (χ3v) is 4.53. The van der Waals surface area contributed by atoms with Gasteiger partial charge >= 0.3 is 12.0 Å². The van der Waals surface area contributed by atoms with Crippen LogP contribution in [0.1, 0.15) is 16.6 Å². The van der Waals surface area contributed by atoms with E-state index >= 15 is 0 Å². The van der Waals surface area contributed by atoms with E-state index in [2.05, 4.69) is 5.32 Å². The van der Waals surface area contributed by atoms with E-state index in [-0.39, 0.29) is 17.2 Å². The van der Waals surface area contributed by atoms with Crippen LogP contribution in [0, 0.1) is 5.82 Å². The Morgan fingerprint density at radius 3 is 2.87 bits per heavy atom. The molecule has 3 rings (SSSR count). The second-order valence-electron chi connectivity index (χ2n) is 5.06. The first-order valence-electron chi connectivity index (χ1n) is 6.95. The van der Waals surface area contributed by atoms with Gasteiger partial charge in [-0.15, -0.1) is 11.3 Å². The molecule has 1 aromatic carbocycles. The SMILES string of the molecule is C[C@H](OC(=O)c1cc2cc(F)ccc2s1)C(=O)N1CCNC1=O. The molecule has 3 amide bonds. The third-order valence-electron chi connectivity index (χ3n) is 3.43. The van der Waals surface area contributed by atoms with Crippen LogP contribution in [0.5, 0.6) is 0 Å². The van der Waals surface area contributed by atoms with E-state index in [1.54, 1.807) is 6.07 Å². The first-order valence-corrected chi connectivity index (χ1v) is 7.76. The number of hydrogen-bond acceptors (Lipinski definition) is 5. The van der Waals surface area contributed by atoms with Crippen molar-refractivity contribution in [3.8, 4) is 0 Å². The Kier molecular flexibility index (Phi) is 3.99. The van der Waals surface area contributed by atoms with Crippen LogP contribution < -0.4 is 5.32 Å². The zero-order valence-corrected chi connectivity index (χ0v) is 13.0. The largest absolute Gasteiger partial charge is 0.448 e. The topological polar surface area (TPSA) is 75.7 Å². The number of nitrogens with zero attached hydrogens (tertiary/aromatic N) is 1. The lowest BCUT2D eigenvalue weighted by Crippen LogP contribution is -2.41. The number of benzene rings is 1. The predicted octanol–water partition coefficient (Wildman–Crippen LogP) is 2.14. The Morgan fingerprint density at radius 1 is 1.39 bits per heavy atom. The third kappa shape index (κ3) is 3.02. The molecular formula is C15H13FN2O4S. The molecule has 2 aromatic rings. The van der Waals surface area contributed by atoms with Crippen molar-refractivity contribution in [1.29, 1.82) is 0 Å². The van der Waals surface area contributed by atoms with E-state index in [1.165, 1.54) is 25.1 Å². The summed E-state index contributed by atoms with van der Waals surface area (Å²) >= 11 is 1.16. The molecule has 8 heteroatoms. The number of nitrogens with one attached hydrogen (secondary N) is 1. The number of halogens is 1. The minimum atomic E-state index is -1.08. The molecule has 1 saturated heterocycles. The molecule has 1 aliphatic heterocycles. The second-order valence-corrected chi connectivity index (χ2v) is 6.15. The summed E-state index contributed by atoms with van der Waals surface area (Å²) < 4.78 is 19.0. The Hall–Kier alpha value is -2.48. The summed E-state index contributed by atoms with van der Waals surface area (Å²) in [5.74, 6) is -1.63. The van der Waals surface area contributed by atoms with Gasteiger partial charge in [0.1, 0.15) is 10.7 Å². The average Bonchev–Trinajstić information content (AvgIpc) is 3.11. The highest BCUT2D eigenvalue weighted by atomic mass is 32.1. The fraction of sp³-hybridized carbons (Fsp3) is 0.267. The summed E-state index contributed by atoms with van der Waals surface area (Å²) in [6.07, 6.45) is -1.08. The Morgan fingerprint density at radius 2 is 2.17 bits per heavy atom. The van der Waals surface area contributed by atoms with Crippen molar-refractivity contribution >= 4 is 39.3 Å². The van der Waals surface area contributed by atoms with Crippen molar-refractivity contribution < 1.29 is 23.5 Å². The van der Waals surface area contributed by atoms with Gasteiger partial charge < -0.3 is 10.1 Å². The fourth-order valence-corrected chi connectivity index (χ4v) is 3.21. The lowest BCUT2D eigenvalue weighted by atomic mass is 10.2. The molecule has 0 radical (unpaired) electrons. The smallest absolute Gasteiger partial charge is 0.349 e. The lowest BCUT2D eigenvalue weighted by Gasteiger charge is -2.17. The van der Waals surface area contributed by atoms with Gasteiger partial charge in [-0.25, -0.2) is 14.0 Å². The second kappa shape index (κ2) is 5.96. The molecule has 1 atom stereocenters. The fourth-order valence-electron chi connectivity index (χ4n) is 2.29. The standard InChI is InChI=1S/C15H13FN2O4S/c1-8(13(19)18-5-4-17-15(18)21)22-14(20)12-7-9-6-10(16)2-3-11(9)23-12/h2-3,6-8H,4-5H2,1H3,(H,17,21)/t8-/m0/s1. The molecule has 0 unspecified atom stereocenters. The highest BCUT2D eigenvalue weighted by Gasteiger charge is 2.32. The van der Waals surface area contributed by atoms with E-state index in [0.717, 1.165) is 20.9 Å². The number of carbonyl (C=O) groups excluding carboxylic acids is 3. The normalized spacial score (nSPS) is 15.6. The van der Waals surface area contributed by atoms with Crippen molar-refractivity contribution in [3.63, 3.8) is 0 Å².